The maximum Gasteiger partial charge on any atom is 0.346 e. The molecule has 5 nitrogen and oxygen atoms in total. The summed E-state index contributed by atoms with van der Waals surface area (Å²) in [7, 11) is 0. The van der Waals surface area contributed by atoms with Gasteiger partial charge in [0.1, 0.15) is 0 Å². The fourth-order valence-electron chi connectivity index (χ4n) is 2.00. The minimum absolute atomic E-state index is 0.00304. The zero-order valence-electron chi connectivity index (χ0n) is 13.4. The Balaban J connectivity index is 2.12. The van der Waals surface area contributed by atoms with Crippen molar-refractivity contribution in [2.45, 2.75) is 19.8 Å². The maximum absolute atomic E-state index is 12.2. The number of ether oxygens (including phenoxy) is 2. The van der Waals surface area contributed by atoms with Gasteiger partial charge in [-0.1, -0.05) is 43.7 Å². The molecule has 0 radical (unpaired) electrons. The first-order valence-electron chi connectivity index (χ1n) is 7.71. The molecule has 0 saturated carbocycles. The Hall–Kier alpha value is -2.95. The van der Waals surface area contributed by atoms with Crippen molar-refractivity contribution in [3.63, 3.8) is 0 Å². The van der Waals surface area contributed by atoms with Crippen LogP contribution >= 0.6 is 0 Å². The molecule has 2 rings (SSSR count). The van der Waals surface area contributed by atoms with Gasteiger partial charge in [0.25, 0.3) is 0 Å². The summed E-state index contributed by atoms with van der Waals surface area (Å²) in [6, 6.07) is 14.3. The van der Waals surface area contributed by atoms with Gasteiger partial charge in [0.05, 0.1) is 23.3 Å². The molecule has 0 spiro atoms. The summed E-state index contributed by atoms with van der Waals surface area (Å²) in [5.41, 5.74) is 0.344. The molecule has 0 unspecified atom stereocenters. The summed E-state index contributed by atoms with van der Waals surface area (Å²) in [6.07, 6.45) is 1.63. The fourth-order valence-corrected chi connectivity index (χ4v) is 2.00. The van der Waals surface area contributed by atoms with Crippen molar-refractivity contribution in [3.05, 3.63) is 71.3 Å². The number of carbonyl (C=O) groups excluding carboxylic acids is 3. The first kappa shape index (κ1) is 17.4. The van der Waals surface area contributed by atoms with Gasteiger partial charge in [0.15, 0.2) is 0 Å². The van der Waals surface area contributed by atoms with Crippen LogP contribution < -0.4 is 0 Å². The molecule has 0 bridgehead atoms. The zero-order chi connectivity index (χ0) is 17.4. The van der Waals surface area contributed by atoms with E-state index in [1.54, 1.807) is 42.5 Å². The van der Waals surface area contributed by atoms with E-state index in [1.165, 1.54) is 12.1 Å². The summed E-state index contributed by atoms with van der Waals surface area (Å²) in [5.74, 6) is -2.26. The molecule has 0 saturated heterocycles. The zero-order valence-corrected chi connectivity index (χ0v) is 13.4. The maximum atomic E-state index is 12.2. The molecular formula is C19H18O5. The van der Waals surface area contributed by atoms with E-state index in [-0.39, 0.29) is 23.3 Å². The molecule has 2 aromatic carbocycles. The van der Waals surface area contributed by atoms with E-state index < -0.39 is 17.9 Å². The molecule has 0 aromatic heterocycles. The first-order chi connectivity index (χ1) is 11.6. The van der Waals surface area contributed by atoms with Crippen LogP contribution in [0.5, 0.6) is 0 Å². The van der Waals surface area contributed by atoms with Gasteiger partial charge >= 0.3 is 17.9 Å². The largest absolute Gasteiger partial charge is 0.462 e. The van der Waals surface area contributed by atoms with E-state index in [0.29, 0.717) is 0 Å². The third-order valence-electron chi connectivity index (χ3n) is 3.29. The highest BCUT2D eigenvalue weighted by molar-refractivity contribution is 6.08. The molecule has 0 amide bonds. The molecule has 5 heteroatoms. The van der Waals surface area contributed by atoms with Crippen molar-refractivity contribution in [1.29, 1.82) is 0 Å². The van der Waals surface area contributed by atoms with Gasteiger partial charge in [0.2, 0.25) is 0 Å². The van der Waals surface area contributed by atoms with Gasteiger partial charge < -0.3 is 9.47 Å². The molecule has 0 aliphatic carbocycles. The van der Waals surface area contributed by atoms with Crippen molar-refractivity contribution >= 4 is 17.9 Å². The van der Waals surface area contributed by atoms with Crippen molar-refractivity contribution in [2.24, 2.45) is 0 Å². The van der Waals surface area contributed by atoms with E-state index in [1.807, 2.05) is 6.92 Å². The molecule has 0 aliphatic heterocycles. The van der Waals surface area contributed by atoms with Crippen LogP contribution in [0.3, 0.4) is 0 Å². The summed E-state index contributed by atoms with van der Waals surface area (Å²) in [6.45, 7) is 2.26. The monoisotopic (exact) mass is 326 g/mol. The van der Waals surface area contributed by atoms with Crippen LogP contribution in [0.1, 0.15) is 50.8 Å². The van der Waals surface area contributed by atoms with Crippen LogP contribution in [0.25, 0.3) is 0 Å². The Morgan fingerprint density at radius 3 is 2.00 bits per heavy atom. The van der Waals surface area contributed by atoms with Crippen molar-refractivity contribution in [1.82, 2.24) is 0 Å². The van der Waals surface area contributed by atoms with Crippen LogP contribution in [0.4, 0.5) is 0 Å². The summed E-state index contributed by atoms with van der Waals surface area (Å²) in [4.78, 5) is 36.3. The third kappa shape index (κ3) is 4.52. The Bertz CT molecular complexity index is 722. The van der Waals surface area contributed by atoms with Crippen LogP contribution in [-0.4, -0.2) is 24.5 Å². The second kappa shape index (κ2) is 8.62. The van der Waals surface area contributed by atoms with E-state index in [9.17, 15) is 14.4 Å². The topological polar surface area (TPSA) is 69.7 Å². The lowest BCUT2D eigenvalue weighted by Crippen LogP contribution is -2.17. The molecule has 0 N–H and O–H groups in total. The predicted molar refractivity (Wildman–Crippen MR) is 87.8 cm³/mol. The minimum atomic E-state index is -0.883. The Kier molecular flexibility index (Phi) is 6.25. The number of hydrogen-bond donors (Lipinski definition) is 0. The van der Waals surface area contributed by atoms with Gasteiger partial charge in [-0.25, -0.2) is 14.4 Å². The molecule has 2 aromatic rings. The van der Waals surface area contributed by atoms with Gasteiger partial charge in [0, 0.05) is 0 Å². The lowest BCUT2D eigenvalue weighted by Gasteiger charge is -2.09. The Morgan fingerprint density at radius 1 is 0.792 bits per heavy atom. The smallest absolute Gasteiger partial charge is 0.346 e. The number of rotatable bonds is 6. The van der Waals surface area contributed by atoms with E-state index in [0.717, 1.165) is 12.8 Å². The van der Waals surface area contributed by atoms with Gasteiger partial charge in [-0.3, -0.25) is 0 Å². The standard InChI is InChI=1S/C19H18O5/c1-2-3-13-23-18(21)15-11-7-8-12-16(15)19(22)24-17(20)14-9-5-4-6-10-14/h4-12H,2-3,13H2,1H3. The second-order valence-corrected chi connectivity index (χ2v) is 5.08. The van der Waals surface area contributed by atoms with Crippen LogP contribution in [0.2, 0.25) is 0 Å². The molecule has 0 atom stereocenters. The summed E-state index contributed by atoms with van der Waals surface area (Å²) < 4.78 is 9.97. The number of hydrogen-bond acceptors (Lipinski definition) is 5. The summed E-state index contributed by atoms with van der Waals surface area (Å²) in [5, 5.41) is 0. The normalized spacial score (nSPS) is 10.0. The highest BCUT2D eigenvalue weighted by Crippen LogP contribution is 2.13. The van der Waals surface area contributed by atoms with E-state index in [4.69, 9.17) is 9.47 Å². The molecule has 0 fully saturated rings. The average Bonchev–Trinajstić information content (AvgIpc) is 2.62. The lowest BCUT2D eigenvalue weighted by atomic mass is 10.1. The molecule has 0 aliphatic rings. The molecule has 124 valence electrons. The van der Waals surface area contributed by atoms with Gasteiger partial charge in [-0.05, 0) is 30.7 Å². The van der Waals surface area contributed by atoms with Crippen molar-refractivity contribution < 1.29 is 23.9 Å². The minimum Gasteiger partial charge on any atom is -0.462 e. The van der Waals surface area contributed by atoms with E-state index in [2.05, 4.69) is 0 Å². The van der Waals surface area contributed by atoms with Crippen LogP contribution in [-0.2, 0) is 9.47 Å². The Morgan fingerprint density at radius 2 is 1.38 bits per heavy atom. The molecule has 24 heavy (non-hydrogen) atoms. The SMILES string of the molecule is CCCCOC(=O)c1ccccc1C(=O)OC(=O)c1ccccc1. The van der Waals surface area contributed by atoms with E-state index >= 15 is 0 Å². The van der Waals surface area contributed by atoms with Gasteiger partial charge in [-0.2, -0.15) is 0 Å². The fraction of sp³-hybridized carbons (Fsp3) is 0.211. The van der Waals surface area contributed by atoms with Crippen molar-refractivity contribution in [3.8, 4) is 0 Å². The third-order valence-corrected chi connectivity index (χ3v) is 3.29. The highest BCUT2D eigenvalue weighted by Gasteiger charge is 2.21. The average molecular weight is 326 g/mol. The van der Waals surface area contributed by atoms with Crippen LogP contribution in [0.15, 0.2) is 54.6 Å². The highest BCUT2D eigenvalue weighted by atomic mass is 16.6. The molecular weight excluding hydrogens is 308 g/mol. The number of esters is 3. The number of carbonyl (C=O) groups is 3. The van der Waals surface area contributed by atoms with Crippen molar-refractivity contribution in [2.75, 3.05) is 6.61 Å². The second-order valence-electron chi connectivity index (χ2n) is 5.08. The predicted octanol–water partition coefficient (Wildman–Crippen LogP) is 3.64. The lowest BCUT2D eigenvalue weighted by molar-refractivity contribution is 0.0382. The number of benzene rings is 2. The molecule has 0 heterocycles. The first-order valence-corrected chi connectivity index (χ1v) is 7.71. The Labute approximate surface area is 140 Å². The van der Waals surface area contributed by atoms with Crippen LogP contribution in [0, 0.1) is 0 Å². The summed E-state index contributed by atoms with van der Waals surface area (Å²) >= 11 is 0. The quantitative estimate of drug-likeness (QED) is 0.460. The number of unbranched alkanes of at least 4 members (excludes halogenated alkanes) is 1. The van der Waals surface area contributed by atoms with Gasteiger partial charge in [-0.15, -0.1) is 0 Å².